The molecule has 0 radical (unpaired) electrons. The maximum atomic E-state index is 11.9. The zero-order valence-electron chi connectivity index (χ0n) is 15.2. The van der Waals surface area contributed by atoms with Crippen LogP contribution in [0.5, 0.6) is 0 Å². The minimum atomic E-state index is 0.105. The van der Waals surface area contributed by atoms with Crippen molar-refractivity contribution in [2.75, 3.05) is 54.9 Å². The van der Waals surface area contributed by atoms with Crippen molar-refractivity contribution in [3.05, 3.63) is 35.7 Å². The highest BCUT2D eigenvalue weighted by molar-refractivity contribution is 6.32. The van der Waals surface area contributed by atoms with Gasteiger partial charge in [0.25, 0.3) is 0 Å². The van der Waals surface area contributed by atoms with Crippen LogP contribution in [0, 0.1) is 0 Å². The number of carbonyl (C=O) groups excluding carboxylic acids is 1. The van der Waals surface area contributed by atoms with E-state index in [0.29, 0.717) is 18.1 Å². The molecular formula is C18H22ClN7O. The summed E-state index contributed by atoms with van der Waals surface area (Å²) in [5, 5.41) is 4.14. The summed E-state index contributed by atoms with van der Waals surface area (Å²) in [5.74, 6) is 2.47. The summed E-state index contributed by atoms with van der Waals surface area (Å²) < 4.78 is 0. The molecule has 1 amide bonds. The van der Waals surface area contributed by atoms with E-state index in [1.54, 1.807) is 17.4 Å². The molecule has 1 atom stereocenters. The number of amides is 1. The van der Waals surface area contributed by atoms with E-state index in [4.69, 9.17) is 11.6 Å². The number of nitrogens with zero attached hydrogens (tertiary/aromatic N) is 6. The molecule has 142 valence electrons. The first-order valence-electron chi connectivity index (χ1n) is 9.03. The number of piperazine rings is 1. The summed E-state index contributed by atoms with van der Waals surface area (Å²) in [5.41, 5.74) is 0. The van der Waals surface area contributed by atoms with Crippen LogP contribution in [0.4, 0.5) is 17.5 Å². The van der Waals surface area contributed by atoms with E-state index in [9.17, 15) is 4.79 Å². The average Bonchev–Trinajstić information content (AvgIpc) is 3.13. The lowest BCUT2D eigenvalue weighted by atomic mass is 10.2. The number of rotatable bonds is 4. The molecule has 0 aromatic carbocycles. The molecule has 0 saturated carbocycles. The number of carbonyl (C=O) groups is 1. The number of hydrogen-bond acceptors (Lipinski definition) is 7. The lowest BCUT2D eigenvalue weighted by Gasteiger charge is -2.32. The van der Waals surface area contributed by atoms with Gasteiger partial charge in [-0.05, 0) is 18.6 Å². The summed E-state index contributed by atoms with van der Waals surface area (Å²) in [6.45, 7) is 3.52. The van der Waals surface area contributed by atoms with Crippen molar-refractivity contribution in [1.82, 2.24) is 19.9 Å². The van der Waals surface area contributed by atoms with Gasteiger partial charge in [-0.25, -0.2) is 15.0 Å². The molecule has 4 rings (SSSR count). The average molecular weight is 388 g/mol. The first-order chi connectivity index (χ1) is 13.1. The van der Waals surface area contributed by atoms with Gasteiger partial charge in [0.2, 0.25) is 5.91 Å². The van der Waals surface area contributed by atoms with Gasteiger partial charge in [0.05, 0.1) is 11.6 Å². The van der Waals surface area contributed by atoms with Gasteiger partial charge in [0.1, 0.15) is 23.8 Å². The van der Waals surface area contributed by atoms with Crippen LogP contribution in [0.2, 0.25) is 5.02 Å². The van der Waals surface area contributed by atoms with Crippen molar-refractivity contribution in [1.29, 1.82) is 0 Å². The lowest BCUT2D eigenvalue weighted by molar-refractivity contribution is -0.129. The van der Waals surface area contributed by atoms with Crippen molar-refractivity contribution in [2.24, 2.45) is 0 Å². The Labute approximate surface area is 163 Å². The molecule has 0 aliphatic carbocycles. The second-order valence-corrected chi connectivity index (χ2v) is 7.29. The largest absolute Gasteiger partial charge is 0.365 e. The van der Waals surface area contributed by atoms with E-state index in [-0.39, 0.29) is 11.9 Å². The van der Waals surface area contributed by atoms with Crippen LogP contribution in [0.15, 0.2) is 30.7 Å². The van der Waals surface area contributed by atoms with Crippen LogP contribution in [0.3, 0.4) is 0 Å². The zero-order valence-corrected chi connectivity index (χ0v) is 15.9. The molecule has 2 fully saturated rings. The summed E-state index contributed by atoms with van der Waals surface area (Å²) in [4.78, 5) is 30.9. The molecule has 2 saturated heterocycles. The Morgan fingerprint density at radius 1 is 1.19 bits per heavy atom. The first-order valence-corrected chi connectivity index (χ1v) is 9.41. The fourth-order valence-electron chi connectivity index (χ4n) is 3.44. The summed E-state index contributed by atoms with van der Waals surface area (Å²) in [7, 11) is 1.83. The molecule has 0 bridgehead atoms. The van der Waals surface area contributed by atoms with E-state index >= 15 is 0 Å². The molecule has 4 heterocycles. The Balaban J connectivity index is 1.41. The number of aromatic nitrogens is 3. The van der Waals surface area contributed by atoms with E-state index in [1.807, 2.05) is 30.1 Å². The van der Waals surface area contributed by atoms with Crippen molar-refractivity contribution < 1.29 is 4.79 Å². The minimum absolute atomic E-state index is 0.105. The molecule has 9 heteroatoms. The van der Waals surface area contributed by atoms with Gasteiger partial charge < -0.3 is 20.0 Å². The summed E-state index contributed by atoms with van der Waals surface area (Å²) in [6.07, 6.45) is 4.28. The maximum Gasteiger partial charge on any atom is 0.241 e. The zero-order chi connectivity index (χ0) is 18.8. The highest BCUT2D eigenvalue weighted by atomic mass is 35.5. The van der Waals surface area contributed by atoms with Crippen LogP contribution in [-0.4, -0.2) is 71.6 Å². The summed E-state index contributed by atoms with van der Waals surface area (Å²) in [6, 6.07) is 5.86. The van der Waals surface area contributed by atoms with E-state index in [2.05, 4.69) is 25.2 Å². The molecule has 2 aliphatic heterocycles. The fourth-order valence-corrected chi connectivity index (χ4v) is 3.68. The van der Waals surface area contributed by atoms with Gasteiger partial charge >= 0.3 is 0 Å². The van der Waals surface area contributed by atoms with Crippen LogP contribution < -0.4 is 15.1 Å². The monoisotopic (exact) mass is 387 g/mol. The van der Waals surface area contributed by atoms with Crippen molar-refractivity contribution >= 4 is 35.0 Å². The second-order valence-electron chi connectivity index (χ2n) is 6.88. The van der Waals surface area contributed by atoms with Gasteiger partial charge in [0.15, 0.2) is 0 Å². The Morgan fingerprint density at radius 3 is 2.89 bits per heavy atom. The topological polar surface area (TPSA) is 77.5 Å². The normalized spacial score (nSPS) is 20.3. The van der Waals surface area contributed by atoms with Crippen molar-refractivity contribution in [2.45, 2.75) is 12.5 Å². The molecule has 2 aromatic rings. The van der Waals surface area contributed by atoms with Crippen LogP contribution in [0.25, 0.3) is 0 Å². The van der Waals surface area contributed by atoms with Crippen LogP contribution in [-0.2, 0) is 4.79 Å². The maximum absolute atomic E-state index is 11.9. The third-order valence-corrected chi connectivity index (χ3v) is 5.31. The number of nitrogens with one attached hydrogen (secondary N) is 1. The molecule has 8 nitrogen and oxygen atoms in total. The lowest BCUT2D eigenvalue weighted by Crippen LogP contribution is -2.48. The molecule has 2 aliphatic rings. The van der Waals surface area contributed by atoms with Gasteiger partial charge in [-0.2, -0.15) is 0 Å². The molecular weight excluding hydrogens is 366 g/mol. The van der Waals surface area contributed by atoms with Crippen molar-refractivity contribution in [3.63, 3.8) is 0 Å². The number of pyridine rings is 1. The van der Waals surface area contributed by atoms with Crippen LogP contribution >= 0.6 is 11.6 Å². The highest BCUT2D eigenvalue weighted by Crippen LogP contribution is 2.27. The quantitative estimate of drug-likeness (QED) is 0.851. The first kappa shape index (κ1) is 17.8. The molecule has 0 spiro atoms. The van der Waals surface area contributed by atoms with Crippen LogP contribution in [0.1, 0.15) is 6.42 Å². The predicted molar refractivity (Wildman–Crippen MR) is 105 cm³/mol. The van der Waals surface area contributed by atoms with Crippen molar-refractivity contribution in [3.8, 4) is 0 Å². The minimum Gasteiger partial charge on any atom is -0.365 e. The second kappa shape index (κ2) is 7.56. The van der Waals surface area contributed by atoms with Gasteiger partial charge in [0, 0.05) is 51.5 Å². The fraction of sp³-hybridized carbons (Fsp3) is 0.444. The standard InChI is InChI=1S/C18H22ClN7O/c1-24-7-8-25(11-17(24)27)16-9-15(21-12-22-16)23-13-4-6-26(10-13)18-14(19)3-2-5-20-18/h2-3,5,9,12-13H,4,6-8,10-11H2,1H3,(H,21,22,23). The third kappa shape index (κ3) is 3.90. The number of anilines is 3. The summed E-state index contributed by atoms with van der Waals surface area (Å²) >= 11 is 6.26. The Bertz CT molecular complexity index is 833. The number of hydrogen-bond donors (Lipinski definition) is 1. The van der Waals surface area contributed by atoms with E-state index < -0.39 is 0 Å². The predicted octanol–water partition coefficient (Wildman–Crippen LogP) is 1.49. The van der Waals surface area contributed by atoms with E-state index in [1.165, 1.54) is 0 Å². The molecule has 1 unspecified atom stereocenters. The number of likely N-dealkylation sites (N-methyl/N-ethyl adjacent to an activating group) is 1. The Hall–Kier alpha value is -2.61. The Morgan fingerprint density at radius 2 is 2.07 bits per heavy atom. The number of halogens is 1. The van der Waals surface area contributed by atoms with Gasteiger partial charge in [-0.1, -0.05) is 11.6 Å². The molecule has 2 aromatic heterocycles. The molecule has 27 heavy (non-hydrogen) atoms. The third-order valence-electron chi connectivity index (χ3n) is 5.01. The SMILES string of the molecule is CN1CCN(c2cc(NC3CCN(c4ncccc4Cl)C3)ncn2)CC1=O. The van der Waals surface area contributed by atoms with Gasteiger partial charge in [-0.15, -0.1) is 0 Å². The van der Waals surface area contributed by atoms with E-state index in [0.717, 1.165) is 43.5 Å². The highest BCUT2D eigenvalue weighted by Gasteiger charge is 2.26. The van der Waals surface area contributed by atoms with Gasteiger partial charge in [-0.3, -0.25) is 4.79 Å². The molecule has 1 N–H and O–H groups in total. The smallest absolute Gasteiger partial charge is 0.241 e. The Kier molecular flexibility index (Phi) is 4.98.